The molecule has 0 radical (unpaired) electrons. The molecule has 3 rings (SSSR count). The van der Waals surface area contributed by atoms with Crippen molar-refractivity contribution in [1.82, 2.24) is 9.55 Å². The van der Waals surface area contributed by atoms with Gasteiger partial charge in [-0.15, -0.1) is 0 Å². The van der Waals surface area contributed by atoms with Gasteiger partial charge in [-0.1, -0.05) is 61.5 Å². The fraction of sp³-hybridized carbons (Fsp3) is 0.320. The lowest BCUT2D eigenvalue weighted by Crippen LogP contribution is -2.41. The number of nitrogens with zero attached hydrogens (tertiary/aromatic N) is 2. The average molecular weight is 451 g/mol. The smallest absolute Gasteiger partial charge is 0.330 e. The van der Waals surface area contributed by atoms with Gasteiger partial charge in [-0.25, -0.2) is 4.79 Å². The number of rotatable bonds is 10. The third-order valence-corrected chi connectivity index (χ3v) is 5.55. The molecular formula is C25H30N4O4. The molecule has 0 bridgehead atoms. The minimum absolute atomic E-state index is 0.0270. The van der Waals surface area contributed by atoms with Crippen LogP contribution in [0.3, 0.4) is 0 Å². The number of nitrogen functional groups attached to an aromatic ring is 1. The van der Waals surface area contributed by atoms with E-state index in [0.29, 0.717) is 6.42 Å². The molecule has 0 unspecified atom stereocenters. The summed E-state index contributed by atoms with van der Waals surface area (Å²) in [5.41, 5.74) is 8.00. The third kappa shape index (κ3) is 5.98. The second-order valence-corrected chi connectivity index (χ2v) is 7.77. The van der Waals surface area contributed by atoms with Gasteiger partial charge in [0.25, 0.3) is 5.56 Å². The number of aromatic nitrogens is 2. The summed E-state index contributed by atoms with van der Waals surface area (Å²) in [6.07, 6.45) is 1.66. The molecule has 8 nitrogen and oxygen atoms in total. The molecule has 0 saturated carbocycles. The van der Waals surface area contributed by atoms with Crippen LogP contribution in [0.4, 0.5) is 11.5 Å². The van der Waals surface area contributed by atoms with Gasteiger partial charge in [0, 0.05) is 13.5 Å². The van der Waals surface area contributed by atoms with Crippen LogP contribution < -0.4 is 21.9 Å². The van der Waals surface area contributed by atoms with Crippen molar-refractivity contribution in [3.8, 4) is 0 Å². The minimum Gasteiger partial charge on any atom is -0.383 e. The Morgan fingerprint density at radius 2 is 1.70 bits per heavy atom. The number of nitrogens with two attached hydrogens (primary N) is 1. The Kier molecular flexibility index (Phi) is 8.21. The Morgan fingerprint density at radius 3 is 2.33 bits per heavy atom. The Balaban J connectivity index is 1.94. The predicted octanol–water partition coefficient (Wildman–Crippen LogP) is 2.49. The number of hydrogen-bond donors (Lipinski definition) is 2. The van der Waals surface area contributed by atoms with Crippen LogP contribution in [0.1, 0.15) is 30.0 Å². The van der Waals surface area contributed by atoms with Crippen molar-refractivity contribution in [3.63, 3.8) is 0 Å². The number of methoxy groups -OCH3 is 1. The number of carbonyl (C=O) groups excluding carboxylic acids is 1. The van der Waals surface area contributed by atoms with Gasteiger partial charge in [-0.05, 0) is 29.5 Å². The highest BCUT2D eigenvalue weighted by Gasteiger charge is 2.24. The molecule has 0 aliphatic carbocycles. The molecule has 0 aliphatic rings. The molecule has 2 aromatic carbocycles. The lowest BCUT2D eigenvalue weighted by Gasteiger charge is -2.25. The Labute approximate surface area is 192 Å². The van der Waals surface area contributed by atoms with E-state index in [1.54, 1.807) is 0 Å². The van der Waals surface area contributed by atoms with Crippen molar-refractivity contribution in [1.29, 1.82) is 0 Å². The van der Waals surface area contributed by atoms with Crippen LogP contribution in [0.5, 0.6) is 0 Å². The van der Waals surface area contributed by atoms with Gasteiger partial charge in [0.15, 0.2) is 5.69 Å². The van der Waals surface area contributed by atoms with Crippen LogP contribution in [-0.4, -0.2) is 29.2 Å². The summed E-state index contributed by atoms with van der Waals surface area (Å²) in [6, 6.07) is 17.5. The number of aromatic amines is 1. The van der Waals surface area contributed by atoms with Gasteiger partial charge >= 0.3 is 5.69 Å². The van der Waals surface area contributed by atoms with E-state index in [4.69, 9.17) is 10.5 Å². The zero-order chi connectivity index (χ0) is 23.8. The van der Waals surface area contributed by atoms with Gasteiger partial charge in [-0.3, -0.25) is 19.1 Å². The summed E-state index contributed by atoms with van der Waals surface area (Å²) in [4.78, 5) is 42.1. The van der Waals surface area contributed by atoms with Crippen molar-refractivity contribution in [2.75, 3.05) is 24.4 Å². The Morgan fingerprint density at radius 1 is 1.03 bits per heavy atom. The maximum absolute atomic E-state index is 13.4. The zero-order valence-corrected chi connectivity index (χ0v) is 19.0. The van der Waals surface area contributed by atoms with E-state index >= 15 is 0 Å². The summed E-state index contributed by atoms with van der Waals surface area (Å²) in [5.74, 6) is -0.315. The largest absolute Gasteiger partial charge is 0.383 e. The number of carbonyl (C=O) groups is 1. The first-order chi connectivity index (χ1) is 15.9. The van der Waals surface area contributed by atoms with E-state index < -0.39 is 11.2 Å². The lowest BCUT2D eigenvalue weighted by atomic mass is 10.1. The van der Waals surface area contributed by atoms with Gasteiger partial charge in [-0.2, -0.15) is 0 Å². The topological polar surface area (TPSA) is 110 Å². The van der Waals surface area contributed by atoms with Gasteiger partial charge in [0.2, 0.25) is 5.91 Å². The number of aryl methyl sites for hydroxylation is 2. The maximum atomic E-state index is 13.4. The molecule has 0 fully saturated rings. The molecule has 3 N–H and O–H groups in total. The molecule has 0 saturated heterocycles. The maximum Gasteiger partial charge on any atom is 0.330 e. The summed E-state index contributed by atoms with van der Waals surface area (Å²) < 4.78 is 6.26. The summed E-state index contributed by atoms with van der Waals surface area (Å²) in [7, 11) is 1.51. The summed E-state index contributed by atoms with van der Waals surface area (Å²) in [6.45, 7) is 2.64. The van der Waals surface area contributed by atoms with Crippen LogP contribution in [-0.2, 0) is 35.5 Å². The van der Waals surface area contributed by atoms with E-state index in [1.807, 2.05) is 42.5 Å². The first kappa shape index (κ1) is 24.0. The molecule has 1 amide bonds. The number of H-pyrrole nitrogens is 1. The average Bonchev–Trinajstić information content (AvgIpc) is 2.82. The highest BCUT2D eigenvalue weighted by molar-refractivity contribution is 5.95. The molecular weight excluding hydrogens is 420 g/mol. The first-order valence-electron chi connectivity index (χ1n) is 11.0. The van der Waals surface area contributed by atoms with Crippen LogP contribution in [0, 0.1) is 0 Å². The van der Waals surface area contributed by atoms with E-state index in [-0.39, 0.29) is 43.5 Å². The summed E-state index contributed by atoms with van der Waals surface area (Å²) >= 11 is 0. The fourth-order valence-electron chi connectivity index (χ4n) is 3.63. The summed E-state index contributed by atoms with van der Waals surface area (Å²) in [5, 5.41) is 0. The molecule has 3 aromatic rings. The SMILES string of the molecule is CCc1ccc(CCC(=O)N(Cc2ccccc2)c2c(N)n(CCOC)c(=O)[nH]c2=O)cc1. The quantitative estimate of drug-likeness (QED) is 0.493. The van der Waals surface area contributed by atoms with E-state index in [2.05, 4.69) is 24.0 Å². The number of ether oxygens (including phenoxy) is 1. The second kappa shape index (κ2) is 11.3. The highest BCUT2D eigenvalue weighted by Crippen LogP contribution is 2.21. The Hall–Kier alpha value is -3.65. The fourth-order valence-corrected chi connectivity index (χ4v) is 3.63. The van der Waals surface area contributed by atoms with E-state index in [0.717, 1.165) is 17.5 Å². The third-order valence-electron chi connectivity index (χ3n) is 5.55. The number of anilines is 2. The molecule has 33 heavy (non-hydrogen) atoms. The van der Waals surface area contributed by atoms with Crippen molar-refractivity contribution in [3.05, 3.63) is 92.1 Å². The Bertz CT molecular complexity index is 1180. The molecule has 0 aliphatic heterocycles. The lowest BCUT2D eigenvalue weighted by molar-refractivity contribution is -0.118. The zero-order valence-electron chi connectivity index (χ0n) is 19.0. The van der Waals surface area contributed by atoms with E-state index in [9.17, 15) is 14.4 Å². The molecule has 1 heterocycles. The molecule has 174 valence electrons. The normalized spacial score (nSPS) is 10.8. The van der Waals surface area contributed by atoms with Crippen LogP contribution in [0.25, 0.3) is 0 Å². The van der Waals surface area contributed by atoms with Crippen LogP contribution >= 0.6 is 0 Å². The van der Waals surface area contributed by atoms with Crippen molar-refractivity contribution in [2.24, 2.45) is 0 Å². The molecule has 0 atom stereocenters. The number of nitrogens with one attached hydrogen (secondary N) is 1. The number of amides is 1. The molecule has 1 aromatic heterocycles. The van der Waals surface area contributed by atoms with Gasteiger partial charge in [0.05, 0.1) is 19.7 Å². The van der Waals surface area contributed by atoms with Crippen molar-refractivity contribution >= 4 is 17.4 Å². The monoisotopic (exact) mass is 450 g/mol. The van der Waals surface area contributed by atoms with Gasteiger partial charge in [0.1, 0.15) is 5.82 Å². The van der Waals surface area contributed by atoms with Crippen LogP contribution in [0.15, 0.2) is 64.2 Å². The van der Waals surface area contributed by atoms with Crippen LogP contribution in [0.2, 0.25) is 0 Å². The van der Waals surface area contributed by atoms with E-state index in [1.165, 1.54) is 22.1 Å². The highest BCUT2D eigenvalue weighted by atomic mass is 16.5. The molecule has 0 spiro atoms. The standard InChI is InChI=1S/C25H30N4O4/c1-3-18-9-11-19(12-10-18)13-14-21(30)29(17-20-7-5-4-6-8-20)22-23(26)28(15-16-33-2)25(32)27-24(22)31/h4-12H,3,13-17,26H2,1-2H3,(H,27,31,32). The predicted molar refractivity (Wildman–Crippen MR) is 129 cm³/mol. The van der Waals surface area contributed by atoms with Crippen molar-refractivity contribution < 1.29 is 9.53 Å². The van der Waals surface area contributed by atoms with Crippen molar-refractivity contribution in [2.45, 2.75) is 39.3 Å². The number of benzene rings is 2. The van der Waals surface area contributed by atoms with Gasteiger partial charge < -0.3 is 15.4 Å². The number of hydrogen-bond acceptors (Lipinski definition) is 5. The molecule has 8 heteroatoms. The minimum atomic E-state index is -0.692. The first-order valence-corrected chi connectivity index (χ1v) is 11.0. The second-order valence-electron chi connectivity index (χ2n) is 7.77.